The van der Waals surface area contributed by atoms with Crippen molar-refractivity contribution in [3.63, 3.8) is 0 Å². The lowest BCUT2D eigenvalue weighted by Crippen LogP contribution is -2.31. The summed E-state index contributed by atoms with van der Waals surface area (Å²) in [6.07, 6.45) is 0.236. The third-order valence-electron chi connectivity index (χ3n) is 3.32. The number of nitro benzene ring substituents is 1. The minimum absolute atomic E-state index is 0.00895. The summed E-state index contributed by atoms with van der Waals surface area (Å²) >= 11 is 0. The molecule has 0 saturated carbocycles. The molecule has 120 valence electrons. The average molecular weight is 314 g/mol. The van der Waals surface area contributed by atoms with Crippen molar-refractivity contribution in [2.24, 2.45) is 0 Å². The Morgan fingerprint density at radius 3 is 2.35 bits per heavy atom. The molecule has 2 aromatic carbocycles. The van der Waals surface area contributed by atoms with Gasteiger partial charge in [-0.2, -0.15) is 0 Å². The molecule has 0 spiro atoms. The second-order valence-corrected chi connectivity index (χ2v) is 4.82. The van der Waals surface area contributed by atoms with Crippen molar-refractivity contribution in [2.45, 2.75) is 13.3 Å². The number of carbonyl (C=O) groups is 1. The smallest absolute Gasteiger partial charge is 0.269 e. The maximum atomic E-state index is 12.3. The van der Waals surface area contributed by atoms with E-state index in [1.54, 1.807) is 4.90 Å². The first kappa shape index (κ1) is 16.5. The molecule has 0 aliphatic carbocycles. The van der Waals surface area contributed by atoms with Crippen molar-refractivity contribution in [1.82, 2.24) is 0 Å². The molecular formula is C17H18N2O4. The summed E-state index contributed by atoms with van der Waals surface area (Å²) in [6.45, 7) is 2.72. The number of non-ortho nitro benzene ring substituents is 1. The van der Waals surface area contributed by atoms with Crippen molar-refractivity contribution in [1.29, 1.82) is 0 Å². The summed E-state index contributed by atoms with van der Waals surface area (Å²) in [5.41, 5.74) is 0.866. The Morgan fingerprint density at radius 1 is 1.13 bits per heavy atom. The van der Waals surface area contributed by atoms with Crippen LogP contribution in [0.15, 0.2) is 54.6 Å². The van der Waals surface area contributed by atoms with Gasteiger partial charge in [0.2, 0.25) is 5.91 Å². The highest BCUT2D eigenvalue weighted by Gasteiger charge is 2.13. The molecule has 0 atom stereocenters. The van der Waals surface area contributed by atoms with Gasteiger partial charge in [-0.05, 0) is 31.2 Å². The Labute approximate surface area is 134 Å². The van der Waals surface area contributed by atoms with Crippen molar-refractivity contribution in [2.75, 3.05) is 18.1 Å². The van der Waals surface area contributed by atoms with E-state index in [-0.39, 0.29) is 24.6 Å². The van der Waals surface area contributed by atoms with Crippen LogP contribution in [0.25, 0.3) is 0 Å². The van der Waals surface area contributed by atoms with Gasteiger partial charge in [-0.15, -0.1) is 0 Å². The summed E-state index contributed by atoms with van der Waals surface area (Å²) < 4.78 is 5.47. The lowest BCUT2D eigenvalue weighted by Gasteiger charge is -2.21. The van der Waals surface area contributed by atoms with Crippen LogP contribution in [-0.2, 0) is 4.79 Å². The van der Waals surface area contributed by atoms with Crippen LogP contribution in [-0.4, -0.2) is 24.0 Å². The molecular weight excluding hydrogens is 296 g/mol. The highest BCUT2D eigenvalue weighted by molar-refractivity contribution is 5.93. The lowest BCUT2D eigenvalue weighted by atomic mass is 10.2. The standard InChI is InChI=1S/C17H18N2O4/c1-2-18(14-6-4-3-5-7-14)17(20)12-13-23-16-10-8-15(9-11-16)19(21)22/h3-11H,2,12-13H2,1H3. The molecule has 0 heterocycles. The van der Waals surface area contributed by atoms with Crippen molar-refractivity contribution in [3.05, 3.63) is 64.7 Å². The zero-order valence-corrected chi connectivity index (χ0v) is 12.8. The minimum Gasteiger partial charge on any atom is -0.493 e. The van der Waals surface area contributed by atoms with Crippen LogP contribution < -0.4 is 9.64 Å². The van der Waals surface area contributed by atoms with Crippen molar-refractivity contribution >= 4 is 17.3 Å². The van der Waals surface area contributed by atoms with Crippen LogP contribution in [0.3, 0.4) is 0 Å². The number of hydrogen-bond donors (Lipinski definition) is 0. The number of carbonyl (C=O) groups excluding carboxylic acids is 1. The summed E-state index contributed by atoms with van der Waals surface area (Å²) in [6, 6.07) is 15.3. The van der Waals surface area contributed by atoms with Crippen LogP contribution in [0, 0.1) is 10.1 Å². The molecule has 0 radical (unpaired) electrons. The SMILES string of the molecule is CCN(C(=O)CCOc1ccc([N+](=O)[O-])cc1)c1ccccc1. The fraction of sp³-hybridized carbons (Fsp3) is 0.235. The third kappa shape index (κ3) is 4.54. The molecule has 0 aliphatic rings. The summed E-state index contributed by atoms with van der Waals surface area (Å²) in [4.78, 5) is 24.1. The van der Waals surface area contributed by atoms with Crippen LogP contribution in [0.1, 0.15) is 13.3 Å². The first-order valence-corrected chi connectivity index (χ1v) is 7.34. The Morgan fingerprint density at radius 2 is 1.78 bits per heavy atom. The Balaban J connectivity index is 1.87. The molecule has 2 aromatic rings. The number of amides is 1. The number of ether oxygens (including phenoxy) is 1. The predicted octanol–water partition coefficient (Wildman–Crippen LogP) is 3.42. The van der Waals surface area contributed by atoms with Gasteiger partial charge in [-0.1, -0.05) is 18.2 Å². The van der Waals surface area contributed by atoms with Gasteiger partial charge in [0.1, 0.15) is 5.75 Å². The molecule has 0 fully saturated rings. The van der Waals surface area contributed by atoms with E-state index < -0.39 is 4.92 Å². The van der Waals surface area contributed by atoms with Gasteiger partial charge in [-0.25, -0.2) is 0 Å². The van der Waals surface area contributed by atoms with Gasteiger partial charge >= 0.3 is 0 Å². The van der Waals surface area contributed by atoms with E-state index in [4.69, 9.17) is 4.74 Å². The first-order valence-electron chi connectivity index (χ1n) is 7.34. The number of anilines is 1. The minimum atomic E-state index is -0.466. The van der Waals surface area contributed by atoms with Gasteiger partial charge in [0.15, 0.2) is 0 Å². The number of hydrogen-bond acceptors (Lipinski definition) is 4. The van der Waals surface area contributed by atoms with E-state index in [2.05, 4.69) is 0 Å². The van der Waals surface area contributed by atoms with E-state index in [0.717, 1.165) is 5.69 Å². The Kier molecular flexibility index (Phi) is 5.68. The quantitative estimate of drug-likeness (QED) is 0.580. The molecule has 6 heteroatoms. The van der Waals surface area contributed by atoms with Crippen molar-refractivity contribution < 1.29 is 14.5 Å². The number of rotatable bonds is 7. The molecule has 0 saturated heterocycles. The fourth-order valence-electron chi connectivity index (χ4n) is 2.17. The Hall–Kier alpha value is -2.89. The maximum absolute atomic E-state index is 12.3. The van der Waals surface area contributed by atoms with E-state index >= 15 is 0 Å². The number of nitrogens with zero attached hydrogens (tertiary/aromatic N) is 2. The molecule has 2 rings (SSSR count). The zero-order chi connectivity index (χ0) is 16.7. The molecule has 0 aromatic heterocycles. The van der Waals surface area contributed by atoms with Crippen LogP contribution in [0.5, 0.6) is 5.75 Å². The third-order valence-corrected chi connectivity index (χ3v) is 3.32. The van der Waals surface area contributed by atoms with E-state index in [1.807, 2.05) is 37.3 Å². The van der Waals surface area contributed by atoms with Gasteiger partial charge < -0.3 is 9.64 Å². The fourth-order valence-corrected chi connectivity index (χ4v) is 2.17. The van der Waals surface area contributed by atoms with E-state index in [0.29, 0.717) is 12.3 Å². The molecule has 6 nitrogen and oxygen atoms in total. The molecule has 0 bridgehead atoms. The molecule has 0 aliphatic heterocycles. The van der Waals surface area contributed by atoms with E-state index in [1.165, 1.54) is 24.3 Å². The van der Waals surface area contributed by atoms with Gasteiger partial charge in [-0.3, -0.25) is 14.9 Å². The van der Waals surface area contributed by atoms with Crippen LogP contribution >= 0.6 is 0 Å². The normalized spacial score (nSPS) is 10.1. The highest BCUT2D eigenvalue weighted by Crippen LogP contribution is 2.18. The maximum Gasteiger partial charge on any atom is 0.269 e. The molecule has 0 N–H and O–H groups in total. The summed E-state index contributed by atoms with van der Waals surface area (Å²) in [7, 11) is 0. The van der Waals surface area contributed by atoms with E-state index in [9.17, 15) is 14.9 Å². The molecule has 0 unspecified atom stereocenters. The average Bonchev–Trinajstić information content (AvgIpc) is 2.57. The monoisotopic (exact) mass is 314 g/mol. The second kappa shape index (κ2) is 7.93. The molecule has 23 heavy (non-hydrogen) atoms. The second-order valence-electron chi connectivity index (χ2n) is 4.82. The van der Waals surface area contributed by atoms with Gasteiger partial charge in [0.25, 0.3) is 5.69 Å². The van der Waals surface area contributed by atoms with Crippen LogP contribution in [0.2, 0.25) is 0 Å². The first-order chi connectivity index (χ1) is 11.1. The zero-order valence-electron chi connectivity index (χ0n) is 12.8. The lowest BCUT2D eigenvalue weighted by molar-refractivity contribution is -0.384. The van der Waals surface area contributed by atoms with Gasteiger partial charge in [0, 0.05) is 24.4 Å². The summed E-state index contributed by atoms with van der Waals surface area (Å²) in [5, 5.41) is 10.6. The number of benzene rings is 2. The number of para-hydroxylation sites is 1. The van der Waals surface area contributed by atoms with Crippen LogP contribution in [0.4, 0.5) is 11.4 Å². The largest absolute Gasteiger partial charge is 0.493 e. The molecule has 1 amide bonds. The topological polar surface area (TPSA) is 72.7 Å². The summed E-state index contributed by atoms with van der Waals surface area (Å²) in [5.74, 6) is 0.478. The predicted molar refractivity (Wildman–Crippen MR) is 87.7 cm³/mol. The van der Waals surface area contributed by atoms with Crippen molar-refractivity contribution in [3.8, 4) is 5.75 Å². The Bertz CT molecular complexity index is 656. The highest BCUT2D eigenvalue weighted by atomic mass is 16.6. The number of nitro groups is 1. The van der Waals surface area contributed by atoms with Gasteiger partial charge in [0.05, 0.1) is 18.0 Å².